The Morgan fingerprint density at radius 3 is 1.26 bits per heavy atom. The molecule has 5 heteroatoms. The van der Waals surface area contributed by atoms with Crippen molar-refractivity contribution in [2.24, 2.45) is 0 Å². The van der Waals surface area contributed by atoms with Crippen molar-refractivity contribution in [3.63, 3.8) is 0 Å². The van der Waals surface area contributed by atoms with E-state index in [9.17, 15) is 0 Å². The van der Waals surface area contributed by atoms with Gasteiger partial charge in [0.15, 0.2) is 0 Å². The van der Waals surface area contributed by atoms with Gasteiger partial charge in [0.2, 0.25) is 0 Å². The van der Waals surface area contributed by atoms with Gasteiger partial charge in [-0.3, -0.25) is 0 Å². The number of rotatable bonds is 2. The van der Waals surface area contributed by atoms with E-state index in [1.807, 2.05) is 0 Å². The second kappa shape index (κ2) is 12.3. The summed E-state index contributed by atoms with van der Waals surface area (Å²) in [5, 5.41) is 2.59. The van der Waals surface area contributed by atoms with Crippen LogP contribution in [0.15, 0.2) is 107 Å². The topological polar surface area (TPSA) is 31.6 Å². The maximum Gasteiger partial charge on any atom is 2.00 e. The minimum absolute atomic E-state index is 0. The molecule has 2 aliphatic rings. The molecule has 0 fully saturated rings. The van der Waals surface area contributed by atoms with Gasteiger partial charge < -0.3 is 34.8 Å². The zero-order chi connectivity index (χ0) is 22.2. The van der Waals surface area contributed by atoms with Crippen LogP contribution in [0.5, 0.6) is 0 Å². The Balaban J connectivity index is 0.000000227. The molecule has 0 amide bonds. The van der Waals surface area contributed by atoms with Gasteiger partial charge >= 0.3 is 26.2 Å². The van der Waals surface area contributed by atoms with E-state index in [2.05, 4.69) is 123 Å². The number of fused-ring (bicyclic) bond motifs is 2. The van der Waals surface area contributed by atoms with Crippen molar-refractivity contribution in [3.05, 3.63) is 119 Å². The van der Waals surface area contributed by atoms with Gasteiger partial charge in [-0.2, -0.15) is 0 Å². The van der Waals surface area contributed by atoms with Gasteiger partial charge in [-0.25, -0.2) is 0 Å². The van der Waals surface area contributed by atoms with Crippen molar-refractivity contribution in [2.45, 2.75) is 39.5 Å². The first-order valence-electron chi connectivity index (χ1n) is 11.4. The molecule has 2 atom stereocenters. The molecule has 6 rings (SSSR count). The average Bonchev–Trinajstić information content (AvgIpc) is 3.52. The number of para-hydroxylation sites is 2. The van der Waals surface area contributed by atoms with E-state index in [4.69, 9.17) is 0 Å². The van der Waals surface area contributed by atoms with Crippen LogP contribution in [-0.2, 0) is 26.2 Å². The summed E-state index contributed by atoms with van der Waals surface area (Å²) in [6, 6.07) is 21.4. The van der Waals surface area contributed by atoms with E-state index in [0.29, 0.717) is 11.8 Å². The molecule has 0 saturated heterocycles. The van der Waals surface area contributed by atoms with Crippen molar-refractivity contribution in [2.75, 3.05) is 0 Å². The molecule has 0 spiro atoms. The number of aromatic nitrogens is 2. The third-order valence-corrected chi connectivity index (χ3v) is 6.52. The molecule has 2 aliphatic carbocycles. The summed E-state index contributed by atoms with van der Waals surface area (Å²) in [5.74, 6) is 0.875. The molecule has 2 unspecified atom stereocenters. The van der Waals surface area contributed by atoms with Gasteiger partial charge in [0.05, 0.1) is 0 Å². The van der Waals surface area contributed by atoms with Crippen molar-refractivity contribution in [1.29, 1.82) is 0 Å². The fraction of sp³-hybridized carbons (Fsp3) is 0.200. The van der Waals surface area contributed by atoms with E-state index >= 15 is 0 Å². The molecule has 0 radical (unpaired) electrons. The SMILES string of the molecule is CC1=CC(c2cc3ccccc3[nH]2)C(C)=C1.CC1=CC(c2cc3ccccc3[nH]2)C(C)=C1.[Cl-].[Cl-].[Zr+2]. The largest absolute Gasteiger partial charge is 2.00 e. The predicted molar refractivity (Wildman–Crippen MR) is 137 cm³/mol. The van der Waals surface area contributed by atoms with Gasteiger partial charge in [-0.05, 0) is 62.7 Å². The van der Waals surface area contributed by atoms with Crippen LogP contribution in [0.25, 0.3) is 21.8 Å². The van der Waals surface area contributed by atoms with Crippen LogP contribution < -0.4 is 24.8 Å². The zero-order valence-corrected chi connectivity index (χ0v) is 24.5. The molecule has 2 aromatic heterocycles. The van der Waals surface area contributed by atoms with Crippen LogP contribution in [-0.4, -0.2) is 9.97 Å². The van der Waals surface area contributed by atoms with E-state index in [-0.39, 0.29) is 51.0 Å². The van der Waals surface area contributed by atoms with Gasteiger partial charge in [-0.15, -0.1) is 0 Å². The Morgan fingerprint density at radius 2 is 0.943 bits per heavy atom. The Hall–Kier alpha value is -2.06. The number of H-pyrrole nitrogens is 2. The number of halogens is 2. The minimum atomic E-state index is 0. The van der Waals surface area contributed by atoms with Gasteiger partial charge in [0, 0.05) is 34.3 Å². The monoisotopic (exact) mass is 578 g/mol. The summed E-state index contributed by atoms with van der Waals surface area (Å²) in [6.45, 7) is 8.71. The van der Waals surface area contributed by atoms with E-state index in [1.165, 1.54) is 55.5 Å². The van der Waals surface area contributed by atoms with Crippen molar-refractivity contribution < 1.29 is 51.0 Å². The van der Waals surface area contributed by atoms with Crippen LogP contribution in [0.2, 0.25) is 0 Å². The maximum absolute atomic E-state index is 3.50. The summed E-state index contributed by atoms with van der Waals surface area (Å²) >= 11 is 0. The molecule has 0 aliphatic heterocycles. The summed E-state index contributed by atoms with van der Waals surface area (Å²) in [5.41, 5.74) is 10.6. The van der Waals surface area contributed by atoms with E-state index in [0.717, 1.165) is 0 Å². The number of allylic oxidation sites excluding steroid dienone is 8. The minimum Gasteiger partial charge on any atom is -1.00 e. The van der Waals surface area contributed by atoms with E-state index < -0.39 is 0 Å². The first-order chi connectivity index (χ1) is 15.5. The second-order valence-corrected chi connectivity index (χ2v) is 9.18. The predicted octanol–water partition coefficient (Wildman–Crippen LogP) is 2.32. The smallest absolute Gasteiger partial charge is 1.00 e. The fourth-order valence-corrected chi connectivity index (χ4v) is 4.98. The van der Waals surface area contributed by atoms with E-state index in [1.54, 1.807) is 0 Å². The molecule has 2 nitrogen and oxygen atoms in total. The van der Waals surface area contributed by atoms with Crippen molar-refractivity contribution in [1.82, 2.24) is 9.97 Å². The van der Waals surface area contributed by atoms with Crippen molar-refractivity contribution >= 4 is 21.8 Å². The summed E-state index contributed by atoms with van der Waals surface area (Å²) in [6.07, 6.45) is 9.16. The molecular weight excluding hydrogens is 550 g/mol. The van der Waals surface area contributed by atoms with Crippen LogP contribution in [0.1, 0.15) is 50.9 Å². The zero-order valence-electron chi connectivity index (χ0n) is 20.5. The third-order valence-electron chi connectivity index (χ3n) is 6.52. The average molecular weight is 581 g/mol. The molecule has 178 valence electrons. The fourth-order valence-electron chi connectivity index (χ4n) is 4.98. The van der Waals surface area contributed by atoms with Crippen molar-refractivity contribution in [3.8, 4) is 0 Å². The molecular formula is C30H30Cl2N2Zr. The standard InChI is InChI=1S/2C15H15N.2ClH.Zr/c2*1-10-7-11(2)13(8-10)15-9-12-5-3-4-6-14(12)16-15;;;/h2*3-9,13,16H,1-2H3;2*1H;/q;;;;+2/p-2. The van der Waals surface area contributed by atoms with Crippen LogP contribution >= 0.6 is 0 Å². The summed E-state index contributed by atoms with van der Waals surface area (Å²) in [7, 11) is 0. The van der Waals surface area contributed by atoms with Crippen LogP contribution in [0, 0.1) is 0 Å². The van der Waals surface area contributed by atoms with Gasteiger partial charge in [0.1, 0.15) is 0 Å². The molecule has 4 aromatic rings. The van der Waals surface area contributed by atoms with Crippen LogP contribution in [0.4, 0.5) is 0 Å². The Kier molecular flexibility index (Phi) is 10.2. The van der Waals surface area contributed by atoms with Gasteiger partial charge in [0.25, 0.3) is 0 Å². The Labute approximate surface area is 239 Å². The molecule has 35 heavy (non-hydrogen) atoms. The van der Waals surface area contributed by atoms with Gasteiger partial charge in [-0.1, -0.05) is 83.0 Å². The third kappa shape index (κ3) is 6.20. The Bertz CT molecular complexity index is 1260. The number of hydrogen-bond acceptors (Lipinski definition) is 0. The normalized spacial score (nSPS) is 18.3. The first kappa shape index (κ1) is 29.2. The second-order valence-electron chi connectivity index (χ2n) is 9.18. The summed E-state index contributed by atoms with van der Waals surface area (Å²) < 4.78 is 0. The first-order valence-corrected chi connectivity index (χ1v) is 11.4. The number of nitrogens with one attached hydrogen (secondary N) is 2. The molecule has 2 N–H and O–H groups in total. The Morgan fingerprint density at radius 1 is 0.571 bits per heavy atom. The number of hydrogen-bond donors (Lipinski definition) is 2. The molecule has 0 saturated carbocycles. The molecule has 2 heterocycles. The molecule has 2 aromatic carbocycles. The quantitative estimate of drug-likeness (QED) is 0.365. The number of benzene rings is 2. The summed E-state index contributed by atoms with van der Waals surface area (Å²) in [4.78, 5) is 7.01. The number of aromatic amines is 2. The maximum atomic E-state index is 3.50. The van der Waals surface area contributed by atoms with Crippen LogP contribution in [0.3, 0.4) is 0 Å². The molecule has 0 bridgehead atoms.